The highest BCUT2D eigenvalue weighted by Crippen LogP contribution is 2.27. The predicted octanol–water partition coefficient (Wildman–Crippen LogP) is 4.78. The van der Waals surface area contributed by atoms with Crippen molar-refractivity contribution in [3.63, 3.8) is 0 Å². The number of hydrogen-bond donors (Lipinski definition) is 2. The Morgan fingerprint density at radius 1 is 1.00 bits per heavy atom. The Bertz CT molecular complexity index is 1030. The maximum Gasteiger partial charge on any atom is 0.262 e. The number of anilines is 2. The molecule has 0 atom stereocenters. The highest BCUT2D eigenvalue weighted by atomic mass is 16.5. The minimum atomic E-state index is -0.276. The second kappa shape index (κ2) is 9.69. The fourth-order valence-electron chi connectivity index (χ4n) is 2.96. The van der Waals surface area contributed by atoms with E-state index in [1.54, 1.807) is 42.6 Å². The maximum atomic E-state index is 12.4. The molecule has 0 unspecified atom stereocenters. The molecule has 0 aliphatic heterocycles. The van der Waals surface area contributed by atoms with Crippen molar-refractivity contribution in [3.8, 4) is 5.75 Å². The van der Waals surface area contributed by atoms with Gasteiger partial charge in [0.25, 0.3) is 11.8 Å². The Morgan fingerprint density at radius 2 is 1.77 bits per heavy atom. The number of ether oxygens (including phenoxy) is 1. The van der Waals surface area contributed by atoms with Gasteiger partial charge < -0.3 is 15.4 Å². The Kier molecular flexibility index (Phi) is 6.80. The van der Waals surface area contributed by atoms with Crippen molar-refractivity contribution >= 4 is 23.2 Å². The van der Waals surface area contributed by atoms with E-state index >= 15 is 0 Å². The molecule has 0 spiro atoms. The van der Waals surface area contributed by atoms with Gasteiger partial charge in [0.15, 0.2) is 6.61 Å². The fourth-order valence-corrected chi connectivity index (χ4v) is 2.96. The zero-order chi connectivity index (χ0) is 21.5. The lowest BCUT2D eigenvalue weighted by Crippen LogP contribution is -2.21. The molecule has 2 aromatic carbocycles. The zero-order valence-corrected chi connectivity index (χ0v) is 17.3. The van der Waals surface area contributed by atoms with Crippen molar-refractivity contribution in [2.24, 2.45) is 0 Å². The van der Waals surface area contributed by atoms with Crippen molar-refractivity contribution in [2.45, 2.75) is 26.7 Å². The van der Waals surface area contributed by atoms with Gasteiger partial charge in [-0.3, -0.25) is 14.6 Å². The minimum absolute atomic E-state index is 0.102. The maximum absolute atomic E-state index is 12.4. The second-order valence-corrected chi connectivity index (χ2v) is 7.31. The summed E-state index contributed by atoms with van der Waals surface area (Å²) in [7, 11) is 0. The number of hydrogen-bond acceptors (Lipinski definition) is 4. The van der Waals surface area contributed by atoms with E-state index in [1.165, 1.54) is 6.20 Å². The molecule has 0 bridgehead atoms. The first-order chi connectivity index (χ1) is 14.4. The molecule has 0 fully saturated rings. The molecule has 3 aromatic rings. The summed E-state index contributed by atoms with van der Waals surface area (Å²) in [6.45, 7) is 6.06. The lowest BCUT2D eigenvalue weighted by atomic mass is 10.0. The second-order valence-electron chi connectivity index (χ2n) is 7.31. The standard InChI is InChI=1S/C24H25N3O3/c1-16(2)21-10-9-17(3)12-22(21)30-15-23(28)26-19-7-4-8-20(13-19)27-24(29)18-6-5-11-25-14-18/h4-14,16H,15H2,1-3H3,(H,26,28)(H,27,29). The van der Waals surface area contributed by atoms with Gasteiger partial charge in [-0.1, -0.05) is 32.0 Å². The fraction of sp³-hybridized carbons (Fsp3) is 0.208. The third kappa shape index (κ3) is 5.67. The highest BCUT2D eigenvalue weighted by Gasteiger charge is 2.11. The number of nitrogens with one attached hydrogen (secondary N) is 2. The van der Waals surface area contributed by atoms with Crippen LogP contribution in [0.1, 0.15) is 41.3 Å². The van der Waals surface area contributed by atoms with Gasteiger partial charge in [0.2, 0.25) is 0 Å². The molecular formula is C24H25N3O3. The van der Waals surface area contributed by atoms with Crippen molar-refractivity contribution < 1.29 is 14.3 Å². The number of carbonyl (C=O) groups excluding carboxylic acids is 2. The van der Waals surface area contributed by atoms with Crippen LogP contribution in [0.15, 0.2) is 67.0 Å². The van der Waals surface area contributed by atoms with Crippen LogP contribution in [0.3, 0.4) is 0 Å². The van der Waals surface area contributed by atoms with Crippen LogP contribution in [0.2, 0.25) is 0 Å². The quantitative estimate of drug-likeness (QED) is 0.595. The van der Waals surface area contributed by atoms with Crippen molar-refractivity contribution in [1.82, 2.24) is 4.98 Å². The highest BCUT2D eigenvalue weighted by molar-refractivity contribution is 6.04. The van der Waals surface area contributed by atoms with Crippen LogP contribution in [0.5, 0.6) is 5.75 Å². The van der Waals surface area contributed by atoms with Crippen molar-refractivity contribution in [1.29, 1.82) is 0 Å². The SMILES string of the molecule is Cc1ccc(C(C)C)c(OCC(=O)Nc2cccc(NC(=O)c3cccnc3)c2)c1. The minimum Gasteiger partial charge on any atom is -0.483 e. The summed E-state index contributed by atoms with van der Waals surface area (Å²) in [6, 6.07) is 16.3. The summed E-state index contributed by atoms with van der Waals surface area (Å²) in [5.74, 6) is 0.471. The molecule has 0 saturated heterocycles. The van der Waals surface area contributed by atoms with E-state index in [0.717, 1.165) is 16.9 Å². The number of pyridine rings is 1. The average molecular weight is 403 g/mol. The monoisotopic (exact) mass is 403 g/mol. The molecule has 1 aromatic heterocycles. The van der Waals surface area contributed by atoms with Gasteiger partial charge in [0.1, 0.15) is 5.75 Å². The van der Waals surface area contributed by atoms with Gasteiger partial charge in [-0.25, -0.2) is 0 Å². The summed E-state index contributed by atoms with van der Waals surface area (Å²) < 4.78 is 5.78. The van der Waals surface area contributed by atoms with Gasteiger partial charge in [-0.2, -0.15) is 0 Å². The molecule has 6 nitrogen and oxygen atoms in total. The largest absolute Gasteiger partial charge is 0.483 e. The predicted molar refractivity (Wildman–Crippen MR) is 118 cm³/mol. The first-order valence-electron chi connectivity index (χ1n) is 9.77. The van der Waals surface area contributed by atoms with Crippen LogP contribution in [0, 0.1) is 6.92 Å². The molecule has 3 rings (SSSR count). The van der Waals surface area contributed by atoms with Gasteiger partial charge >= 0.3 is 0 Å². The summed E-state index contributed by atoms with van der Waals surface area (Å²) in [4.78, 5) is 28.6. The summed E-state index contributed by atoms with van der Waals surface area (Å²) >= 11 is 0. The van der Waals surface area contributed by atoms with E-state index in [1.807, 2.05) is 25.1 Å². The third-order valence-electron chi connectivity index (χ3n) is 4.48. The third-order valence-corrected chi connectivity index (χ3v) is 4.48. The number of carbonyl (C=O) groups is 2. The number of amides is 2. The molecule has 2 amide bonds. The zero-order valence-electron chi connectivity index (χ0n) is 17.3. The van der Waals surface area contributed by atoms with E-state index in [2.05, 4.69) is 29.5 Å². The van der Waals surface area contributed by atoms with E-state index in [0.29, 0.717) is 22.9 Å². The average Bonchev–Trinajstić information content (AvgIpc) is 2.73. The van der Waals surface area contributed by atoms with Crippen LogP contribution < -0.4 is 15.4 Å². The van der Waals surface area contributed by atoms with Gasteiger partial charge in [0.05, 0.1) is 5.56 Å². The molecule has 0 aliphatic rings. The van der Waals surface area contributed by atoms with Crippen LogP contribution >= 0.6 is 0 Å². The van der Waals surface area contributed by atoms with Crippen molar-refractivity contribution in [3.05, 3.63) is 83.7 Å². The van der Waals surface area contributed by atoms with Crippen LogP contribution in [-0.2, 0) is 4.79 Å². The number of aryl methyl sites for hydroxylation is 1. The van der Waals surface area contributed by atoms with Crippen LogP contribution in [0.4, 0.5) is 11.4 Å². The summed E-state index contributed by atoms with van der Waals surface area (Å²) in [5, 5.41) is 5.60. The first-order valence-corrected chi connectivity index (χ1v) is 9.77. The molecule has 0 radical (unpaired) electrons. The van der Waals surface area contributed by atoms with E-state index in [-0.39, 0.29) is 18.4 Å². The van der Waals surface area contributed by atoms with Gasteiger partial charge in [-0.15, -0.1) is 0 Å². The smallest absolute Gasteiger partial charge is 0.262 e. The summed E-state index contributed by atoms with van der Waals surface area (Å²) in [6.07, 6.45) is 3.10. The number of aromatic nitrogens is 1. The lowest BCUT2D eigenvalue weighted by Gasteiger charge is -2.15. The number of nitrogens with zero attached hydrogens (tertiary/aromatic N) is 1. The molecular weight excluding hydrogens is 378 g/mol. The van der Waals surface area contributed by atoms with Gasteiger partial charge in [-0.05, 0) is 60.4 Å². The molecule has 30 heavy (non-hydrogen) atoms. The Morgan fingerprint density at radius 3 is 2.47 bits per heavy atom. The molecule has 154 valence electrons. The number of rotatable bonds is 7. The van der Waals surface area contributed by atoms with Crippen LogP contribution in [-0.4, -0.2) is 23.4 Å². The molecule has 0 saturated carbocycles. The Labute approximate surface area is 176 Å². The van der Waals surface area contributed by atoms with Gasteiger partial charge in [0, 0.05) is 23.8 Å². The van der Waals surface area contributed by atoms with Crippen LogP contribution in [0.25, 0.3) is 0 Å². The normalized spacial score (nSPS) is 10.5. The molecule has 0 aliphatic carbocycles. The van der Waals surface area contributed by atoms with E-state index in [9.17, 15) is 9.59 Å². The lowest BCUT2D eigenvalue weighted by molar-refractivity contribution is -0.118. The van der Waals surface area contributed by atoms with E-state index < -0.39 is 0 Å². The number of benzene rings is 2. The Balaban J connectivity index is 1.60. The topological polar surface area (TPSA) is 80.3 Å². The summed E-state index contributed by atoms with van der Waals surface area (Å²) in [5.41, 5.74) is 3.74. The van der Waals surface area contributed by atoms with Crippen molar-refractivity contribution in [2.75, 3.05) is 17.2 Å². The molecule has 6 heteroatoms. The van der Waals surface area contributed by atoms with E-state index in [4.69, 9.17) is 4.74 Å². The molecule has 2 N–H and O–H groups in total. The molecule has 1 heterocycles. The Hall–Kier alpha value is -3.67. The first kappa shape index (κ1) is 21.0.